The number of hydrogen-bond acceptors (Lipinski definition) is 6. The molecule has 7 heteroatoms. The van der Waals surface area contributed by atoms with Crippen LogP contribution in [0.15, 0.2) is 28.0 Å². The van der Waals surface area contributed by atoms with E-state index < -0.39 is 5.60 Å². The van der Waals surface area contributed by atoms with Crippen LogP contribution in [0.4, 0.5) is 10.4 Å². The van der Waals surface area contributed by atoms with Crippen molar-refractivity contribution in [1.29, 1.82) is 0 Å². The number of benzene rings is 1. The topological polar surface area (TPSA) is 62.4 Å². The minimum atomic E-state index is -0.737. The van der Waals surface area contributed by atoms with Crippen LogP contribution in [0.25, 0.3) is 11.1 Å². The SMILES string of the molecule is Cc1csc(CC2(O)CCN(c3nc4ccc(F)cc4o3)CC2)n1. The fourth-order valence-electron chi connectivity index (χ4n) is 3.08. The van der Waals surface area contributed by atoms with E-state index in [1.54, 1.807) is 17.4 Å². The van der Waals surface area contributed by atoms with Gasteiger partial charge in [-0.3, -0.25) is 0 Å². The first-order valence-corrected chi connectivity index (χ1v) is 8.83. The lowest BCUT2D eigenvalue weighted by Gasteiger charge is -2.37. The van der Waals surface area contributed by atoms with Gasteiger partial charge in [0.25, 0.3) is 6.01 Å². The maximum Gasteiger partial charge on any atom is 0.298 e. The minimum absolute atomic E-state index is 0.336. The highest BCUT2D eigenvalue weighted by Gasteiger charge is 2.34. The van der Waals surface area contributed by atoms with Crippen LogP contribution in [0.1, 0.15) is 23.5 Å². The number of fused-ring (bicyclic) bond motifs is 1. The number of piperidine rings is 1. The van der Waals surface area contributed by atoms with Crippen molar-refractivity contribution in [2.75, 3.05) is 18.0 Å². The second kappa shape index (κ2) is 5.82. The summed E-state index contributed by atoms with van der Waals surface area (Å²) < 4.78 is 18.9. The predicted octanol–water partition coefficient (Wildman–Crippen LogP) is 3.31. The molecule has 24 heavy (non-hydrogen) atoms. The Bertz CT molecular complexity index is 868. The van der Waals surface area contributed by atoms with Crippen LogP contribution in [0.3, 0.4) is 0 Å². The number of thiazole rings is 1. The van der Waals surface area contributed by atoms with Crippen LogP contribution in [0.2, 0.25) is 0 Å². The normalized spacial score (nSPS) is 17.5. The number of halogens is 1. The van der Waals surface area contributed by atoms with E-state index in [0.717, 1.165) is 10.7 Å². The molecule has 4 rings (SSSR count). The molecular weight excluding hydrogens is 329 g/mol. The predicted molar refractivity (Wildman–Crippen MR) is 90.9 cm³/mol. The summed E-state index contributed by atoms with van der Waals surface area (Å²) in [7, 11) is 0. The van der Waals surface area contributed by atoms with E-state index >= 15 is 0 Å². The van der Waals surface area contributed by atoms with Gasteiger partial charge in [0.1, 0.15) is 11.3 Å². The molecule has 1 aromatic carbocycles. The highest BCUT2D eigenvalue weighted by atomic mass is 32.1. The Morgan fingerprint density at radius 3 is 2.83 bits per heavy atom. The van der Waals surface area contributed by atoms with Crippen molar-refractivity contribution in [3.8, 4) is 0 Å². The average Bonchev–Trinajstić information content (AvgIpc) is 3.13. The van der Waals surface area contributed by atoms with Gasteiger partial charge in [-0.2, -0.15) is 4.98 Å². The van der Waals surface area contributed by atoms with Gasteiger partial charge in [-0.05, 0) is 31.9 Å². The van der Waals surface area contributed by atoms with Gasteiger partial charge in [-0.25, -0.2) is 9.37 Å². The van der Waals surface area contributed by atoms with Gasteiger partial charge in [0.2, 0.25) is 0 Å². The third kappa shape index (κ3) is 3.01. The lowest BCUT2D eigenvalue weighted by molar-refractivity contribution is 0.0158. The maximum absolute atomic E-state index is 13.3. The molecule has 0 atom stereocenters. The molecule has 1 aliphatic heterocycles. The summed E-state index contributed by atoms with van der Waals surface area (Å²) in [4.78, 5) is 10.9. The molecule has 5 nitrogen and oxygen atoms in total. The first kappa shape index (κ1) is 15.5. The largest absolute Gasteiger partial charge is 0.423 e. The van der Waals surface area contributed by atoms with Gasteiger partial charge < -0.3 is 14.4 Å². The summed E-state index contributed by atoms with van der Waals surface area (Å²) in [6.45, 7) is 3.26. The Balaban J connectivity index is 1.46. The number of rotatable bonds is 3. The minimum Gasteiger partial charge on any atom is -0.423 e. The molecule has 126 valence electrons. The molecule has 0 unspecified atom stereocenters. The summed E-state index contributed by atoms with van der Waals surface area (Å²) in [5, 5.41) is 13.8. The zero-order valence-electron chi connectivity index (χ0n) is 13.3. The van der Waals surface area contributed by atoms with E-state index in [-0.39, 0.29) is 5.82 Å². The third-order valence-corrected chi connectivity index (χ3v) is 5.42. The molecule has 1 saturated heterocycles. The van der Waals surface area contributed by atoms with Crippen LogP contribution in [0.5, 0.6) is 0 Å². The molecule has 1 aliphatic rings. The van der Waals surface area contributed by atoms with Gasteiger partial charge >= 0.3 is 0 Å². The standard InChI is InChI=1S/C17H18FN3O2S/c1-11-10-24-15(19-11)9-17(22)4-6-21(7-5-17)16-20-13-3-2-12(18)8-14(13)23-16/h2-3,8,10,22H,4-7,9H2,1H3. The van der Waals surface area contributed by atoms with Crippen molar-refractivity contribution >= 4 is 28.5 Å². The van der Waals surface area contributed by atoms with Crippen molar-refractivity contribution in [3.63, 3.8) is 0 Å². The van der Waals surface area contributed by atoms with Gasteiger partial charge in [0, 0.05) is 36.7 Å². The molecule has 0 aliphatic carbocycles. The molecule has 1 fully saturated rings. The van der Waals surface area contributed by atoms with Gasteiger partial charge in [-0.15, -0.1) is 11.3 Å². The van der Waals surface area contributed by atoms with Crippen LogP contribution in [-0.4, -0.2) is 33.8 Å². The number of aromatic nitrogens is 2. The molecule has 0 spiro atoms. The average molecular weight is 347 g/mol. The molecule has 3 heterocycles. The van der Waals surface area contributed by atoms with Crippen LogP contribution in [-0.2, 0) is 6.42 Å². The van der Waals surface area contributed by atoms with Crippen molar-refractivity contribution in [3.05, 3.63) is 40.1 Å². The number of aliphatic hydroxyl groups is 1. The van der Waals surface area contributed by atoms with Gasteiger partial charge in [0.05, 0.1) is 10.6 Å². The number of hydrogen-bond donors (Lipinski definition) is 1. The van der Waals surface area contributed by atoms with E-state index in [2.05, 4.69) is 9.97 Å². The molecule has 3 aromatic rings. The Hall–Kier alpha value is -1.99. The van der Waals surface area contributed by atoms with E-state index in [0.29, 0.717) is 49.5 Å². The molecule has 0 bridgehead atoms. The van der Waals surface area contributed by atoms with Crippen molar-refractivity contribution < 1.29 is 13.9 Å². The Morgan fingerprint density at radius 1 is 1.33 bits per heavy atom. The number of oxazole rings is 1. The summed E-state index contributed by atoms with van der Waals surface area (Å²) in [6, 6.07) is 4.82. The first-order valence-electron chi connectivity index (χ1n) is 7.95. The second-order valence-electron chi connectivity index (χ2n) is 6.38. The quantitative estimate of drug-likeness (QED) is 0.788. The Kier molecular flexibility index (Phi) is 3.77. The molecule has 2 aromatic heterocycles. The first-order chi connectivity index (χ1) is 11.5. The van der Waals surface area contributed by atoms with E-state index in [1.807, 2.05) is 17.2 Å². The summed E-state index contributed by atoms with van der Waals surface area (Å²) in [5.74, 6) is -0.336. The highest BCUT2D eigenvalue weighted by molar-refractivity contribution is 7.09. The number of nitrogens with zero attached hydrogens (tertiary/aromatic N) is 3. The van der Waals surface area contributed by atoms with Crippen LogP contribution in [0, 0.1) is 12.7 Å². The second-order valence-corrected chi connectivity index (χ2v) is 7.32. The molecule has 0 saturated carbocycles. The molecule has 0 radical (unpaired) electrons. The van der Waals surface area contributed by atoms with Gasteiger partial charge in [-0.1, -0.05) is 0 Å². The lowest BCUT2D eigenvalue weighted by Crippen LogP contribution is -2.45. The molecular formula is C17H18FN3O2S. The van der Waals surface area contributed by atoms with Crippen molar-refractivity contribution in [2.24, 2.45) is 0 Å². The molecule has 1 N–H and O–H groups in total. The smallest absolute Gasteiger partial charge is 0.298 e. The van der Waals surface area contributed by atoms with E-state index in [1.165, 1.54) is 12.1 Å². The van der Waals surface area contributed by atoms with Crippen LogP contribution < -0.4 is 4.90 Å². The number of aryl methyl sites for hydroxylation is 1. The maximum atomic E-state index is 13.3. The van der Waals surface area contributed by atoms with E-state index in [4.69, 9.17) is 4.42 Å². The van der Waals surface area contributed by atoms with Crippen molar-refractivity contribution in [1.82, 2.24) is 9.97 Å². The fraction of sp³-hybridized carbons (Fsp3) is 0.412. The fourth-order valence-corrected chi connectivity index (χ4v) is 3.99. The highest BCUT2D eigenvalue weighted by Crippen LogP contribution is 2.31. The Morgan fingerprint density at radius 2 is 2.12 bits per heavy atom. The summed E-state index contributed by atoms with van der Waals surface area (Å²) in [5.41, 5.74) is 1.35. The van der Waals surface area contributed by atoms with Gasteiger partial charge in [0.15, 0.2) is 5.58 Å². The zero-order chi connectivity index (χ0) is 16.7. The van der Waals surface area contributed by atoms with Crippen LogP contribution >= 0.6 is 11.3 Å². The zero-order valence-corrected chi connectivity index (χ0v) is 14.1. The monoisotopic (exact) mass is 347 g/mol. The van der Waals surface area contributed by atoms with Crippen molar-refractivity contribution in [2.45, 2.75) is 31.8 Å². The summed E-state index contributed by atoms with van der Waals surface area (Å²) >= 11 is 1.59. The molecule has 0 amide bonds. The Labute approximate surface area is 142 Å². The summed E-state index contributed by atoms with van der Waals surface area (Å²) in [6.07, 6.45) is 1.83. The van der Waals surface area contributed by atoms with E-state index in [9.17, 15) is 9.50 Å². The lowest BCUT2D eigenvalue weighted by atomic mass is 9.88. The third-order valence-electron chi connectivity index (χ3n) is 4.45. The number of anilines is 1.